The highest BCUT2D eigenvalue weighted by atomic mass is 16.8. The first kappa shape index (κ1) is 33.0. The third-order valence-corrected chi connectivity index (χ3v) is 8.26. The minimum atomic E-state index is -2.45. The second-order valence-electron chi connectivity index (χ2n) is 11.3. The molecule has 7 unspecified atom stereocenters. The predicted molar refractivity (Wildman–Crippen MR) is 164 cm³/mol. The summed E-state index contributed by atoms with van der Waals surface area (Å²) in [6.07, 6.45) is -0.252. The van der Waals surface area contributed by atoms with Crippen molar-refractivity contribution in [2.75, 3.05) is 26.8 Å². The molecule has 48 heavy (non-hydrogen) atoms. The third kappa shape index (κ3) is 6.20. The van der Waals surface area contributed by atoms with E-state index in [0.717, 1.165) is 5.57 Å². The number of aliphatic hydroxyl groups excluding tert-OH is 2. The SMILES string of the molecule is CNC(C(=O)O)C(=O)OCC1OC(Oc2ccc3c(=O)c(-c4ccc(O)cc4)coc3c2)C(O[NH+]2C=C3N=CC=C3C2)C(O)(CO)C1O. The fourth-order valence-electron chi connectivity index (χ4n) is 5.64. The number of esters is 1. The maximum atomic E-state index is 13.3. The molecule has 252 valence electrons. The van der Waals surface area contributed by atoms with Gasteiger partial charge in [-0.05, 0) is 43.0 Å². The summed E-state index contributed by atoms with van der Waals surface area (Å²) in [5.74, 6) is -2.57. The summed E-state index contributed by atoms with van der Waals surface area (Å²) in [5.41, 5.74) is -0.374. The van der Waals surface area contributed by atoms with Gasteiger partial charge in [-0.2, -0.15) is 9.90 Å². The molecular formula is C32H32N3O13+. The fourth-order valence-corrected chi connectivity index (χ4v) is 5.64. The van der Waals surface area contributed by atoms with Crippen LogP contribution in [0.15, 0.2) is 86.5 Å². The molecule has 6 rings (SSSR count). The summed E-state index contributed by atoms with van der Waals surface area (Å²) in [6, 6.07) is 8.62. The number of nitrogens with zero attached hydrogens (tertiary/aromatic N) is 1. The summed E-state index contributed by atoms with van der Waals surface area (Å²) < 4.78 is 22.9. The number of hydroxylamine groups is 2. The number of aliphatic hydroxyl groups is 3. The summed E-state index contributed by atoms with van der Waals surface area (Å²) in [7, 11) is 1.24. The molecule has 3 aliphatic rings. The minimum Gasteiger partial charge on any atom is -0.508 e. The summed E-state index contributed by atoms with van der Waals surface area (Å²) >= 11 is 0. The Morgan fingerprint density at radius 3 is 2.67 bits per heavy atom. The van der Waals surface area contributed by atoms with Crippen LogP contribution < -0.4 is 20.5 Å². The molecule has 0 radical (unpaired) electrons. The number of ether oxygens (including phenoxy) is 3. The molecule has 3 aromatic rings. The Labute approximate surface area is 271 Å². The molecule has 4 heterocycles. The second kappa shape index (κ2) is 13.3. The summed E-state index contributed by atoms with van der Waals surface area (Å²) in [5, 5.41) is 54.9. The Balaban J connectivity index is 1.30. The highest BCUT2D eigenvalue weighted by Crippen LogP contribution is 2.34. The number of carbonyl (C=O) groups excluding carboxylic acids is 1. The van der Waals surface area contributed by atoms with Crippen LogP contribution in [-0.4, -0.2) is 107 Å². The van der Waals surface area contributed by atoms with Crippen LogP contribution in [0.5, 0.6) is 11.5 Å². The molecule has 0 saturated carbocycles. The van der Waals surface area contributed by atoms with Crippen molar-refractivity contribution < 1.29 is 63.7 Å². The lowest BCUT2D eigenvalue weighted by Gasteiger charge is -2.47. The maximum Gasteiger partial charge on any atom is 0.334 e. The molecule has 0 amide bonds. The van der Waals surface area contributed by atoms with Gasteiger partial charge in [0.25, 0.3) is 0 Å². The Kier molecular flexibility index (Phi) is 9.13. The number of aliphatic carboxylic acids is 1. The van der Waals surface area contributed by atoms with E-state index in [1.807, 2.05) is 0 Å². The Morgan fingerprint density at radius 2 is 1.98 bits per heavy atom. The molecule has 1 fully saturated rings. The number of aromatic hydroxyl groups is 1. The van der Waals surface area contributed by atoms with Gasteiger partial charge < -0.3 is 44.2 Å². The number of allylic oxidation sites excluding steroid dienone is 1. The number of carboxylic acid groups (broad SMARTS) is 1. The van der Waals surface area contributed by atoms with Gasteiger partial charge in [-0.3, -0.25) is 15.1 Å². The van der Waals surface area contributed by atoms with Gasteiger partial charge in [0.05, 0.1) is 17.6 Å². The van der Waals surface area contributed by atoms with Crippen LogP contribution in [0.4, 0.5) is 0 Å². The van der Waals surface area contributed by atoms with Crippen LogP contribution >= 0.6 is 0 Å². The smallest absolute Gasteiger partial charge is 0.334 e. The molecule has 16 nitrogen and oxygen atoms in total. The van der Waals surface area contributed by atoms with E-state index >= 15 is 0 Å². The van der Waals surface area contributed by atoms with Gasteiger partial charge in [0.15, 0.2) is 17.2 Å². The highest BCUT2D eigenvalue weighted by Gasteiger charge is 2.60. The molecule has 3 aliphatic heterocycles. The Morgan fingerprint density at radius 1 is 1.21 bits per heavy atom. The van der Waals surface area contributed by atoms with Crippen molar-refractivity contribution in [2.45, 2.75) is 36.2 Å². The molecule has 0 aliphatic carbocycles. The number of rotatable bonds is 11. The zero-order valence-electron chi connectivity index (χ0n) is 25.3. The first-order valence-electron chi connectivity index (χ1n) is 14.7. The standard InChI is InChI=1S/C32H31N3O13/c1-33-25(29(40)41)30(42)45-14-24-27(39)32(43,15-36)28(48-35-11-17-8-9-34-22(17)12-35)31(47-24)46-19-6-7-20-23(10-19)44-13-21(26(20)38)16-2-4-18(37)5-3-16/h2-10,12-13,24-25,27-28,31,33,36-37,39,43H,11,14-15H2,1H3,(H,40,41)/p+1. The van der Waals surface area contributed by atoms with Crippen molar-refractivity contribution in [1.29, 1.82) is 0 Å². The van der Waals surface area contributed by atoms with E-state index in [0.29, 0.717) is 22.9 Å². The lowest BCUT2D eigenvalue weighted by molar-refractivity contribution is -1.05. The van der Waals surface area contributed by atoms with Crippen molar-refractivity contribution in [2.24, 2.45) is 4.99 Å². The van der Waals surface area contributed by atoms with E-state index in [9.17, 15) is 39.9 Å². The van der Waals surface area contributed by atoms with Crippen LogP contribution in [0.3, 0.4) is 0 Å². The number of nitrogens with one attached hydrogen (secondary N) is 2. The number of phenolic OH excluding ortho intramolecular Hbond substituents is 1. The van der Waals surface area contributed by atoms with Crippen LogP contribution in [0.25, 0.3) is 22.1 Å². The molecule has 0 bridgehead atoms. The third-order valence-electron chi connectivity index (χ3n) is 8.26. The fraction of sp³-hybridized carbons (Fsp3) is 0.312. The molecule has 7 atom stereocenters. The second-order valence-corrected chi connectivity index (χ2v) is 11.3. The molecule has 1 aromatic heterocycles. The van der Waals surface area contributed by atoms with E-state index in [2.05, 4.69) is 10.3 Å². The number of hydrogen-bond acceptors (Lipinski definition) is 14. The number of fused-ring (bicyclic) bond motifs is 2. The lowest BCUT2D eigenvalue weighted by Crippen LogP contribution is -3.07. The normalized spacial score (nSPS) is 26.9. The summed E-state index contributed by atoms with van der Waals surface area (Å²) in [6.45, 7) is -1.48. The maximum absolute atomic E-state index is 13.3. The minimum absolute atomic E-state index is 0.0396. The largest absolute Gasteiger partial charge is 0.508 e. The van der Waals surface area contributed by atoms with Crippen molar-refractivity contribution in [3.8, 4) is 22.6 Å². The van der Waals surface area contributed by atoms with Crippen molar-refractivity contribution in [1.82, 2.24) is 5.32 Å². The number of benzene rings is 2. The highest BCUT2D eigenvalue weighted by molar-refractivity contribution is 5.98. The number of carbonyl (C=O) groups is 2. The first-order chi connectivity index (χ1) is 23.0. The van der Waals surface area contributed by atoms with Crippen LogP contribution in [0.1, 0.15) is 0 Å². The van der Waals surface area contributed by atoms with Crippen LogP contribution in [-0.2, 0) is 23.9 Å². The number of hydrogen-bond donors (Lipinski definition) is 7. The van der Waals surface area contributed by atoms with Crippen LogP contribution in [0, 0.1) is 0 Å². The predicted octanol–water partition coefficient (Wildman–Crippen LogP) is -1.38. The van der Waals surface area contributed by atoms with Crippen molar-refractivity contribution in [3.05, 3.63) is 82.5 Å². The topological polar surface area (TPSA) is 231 Å². The molecule has 2 aromatic carbocycles. The monoisotopic (exact) mass is 666 g/mol. The van der Waals surface area contributed by atoms with Gasteiger partial charge in [-0.25, -0.2) is 9.59 Å². The van der Waals surface area contributed by atoms with E-state index in [-0.39, 0.29) is 33.5 Å². The Bertz CT molecular complexity index is 1870. The van der Waals surface area contributed by atoms with Crippen LogP contribution in [0.2, 0.25) is 0 Å². The number of quaternary nitrogens is 1. The van der Waals surface area contributed by atoms with E-state index < -0.39 is 61.4 Å². The molecule has 7 N–H and O–H groups in total. The van der Waals surface area contributed by atoms with Gasteiger partial charge in [-0.1, -0.05) is 12.1 Å². The average molecular weight is 667 g/mol. The van der Waals surface area contributed by atoms with Crippen molar-refractivity contribution in [3.63, 3.8) is 0 Å². The first-order valence-corrected chi connectivity index (χ1v) is 14.7. The average Bonchev–Trinajstić information content (AvgIpc) is 3.67. The molecule has 0 spiro atoms. The zero-order chi connectivity index (χ0) is 34.2. The summed E-state index contributed by atoms with van der Waals surface area (Å²) in [4.78, 5) is 47.4. The number of likely N-dealkylation sites (N-methyl/N-ethyl adjacent to an activating group) is 1. The van der Waals surface area contributed by atoms with Gasteiger partial charge >= 0.3 is 11.9 Å². The van der Waals surface area contributed by atoms with E-state index in [4.69, 9.17) is 23.5 Å². The lowest BCUT2D eigenvalue weighted by atomic mass is 9.84. The van der Waals surface area contributed by atoms with Gasteiger partial charge in [0.1, 0.15) is 54.4 Å². The van der Waals surface area contributed by atoms with Crippen molar-refractivity contribution >= 4 is 29.1 Å². The van der Waals surface area contributed by atoms with Gasteiger partial charge in [0.2, 0.25) is 18.4 Å². The molecular weight excluding hydrogens is 634 g/mol. The number of phenols is 1. The molecule has 16 heteroatoms. The zero-order valence-corrected chi connectivity index (χ0v) is 25.3. The molecule has 1 saturated heterocycles. The Hall–Kier alpha value is -4.94. The number of aliphatic imine (C=N–C) groups is 1. The number of carboxylic acids is 1. The van der Waals surface area contributed by atoms with E-state index in [1.54, 1.807) is 30.6 Å². The van der Waals surface area contributed by atoms with Gasteiger partial charge in [0, 0.05) is 17.9 Å². The van der Waals surface area contributed by atoms with Gasteiger partial charge in [-0.15, -0.1) is 0 Å². The quantitative estimate of drug-likeness (QED) is 0.0924. The van der Waals surface area contributed by atoms with E-state index in [1.165, 1.54) is 43.6 Å².